The van der Waals surface area contributed by atoms with Crippen LogP contribution in [-0.2, 0) is 14.3 Å². The highest BCUT2D eigenvalue weighted by Crippen LogP contribution is 2.17. The third-order valence-corrected chi connectivity index (χ3v) is 2.19. The number of rotatable bonds is 1. The van der Waals surface area contributed by atoms with E-state index in [0.29, 0.717) is 18.8 Å². The number of nitrogen functional groups attached to an aromatic ring is 1. The van der Waals surface area contributed by atoms with E-state index in [1.54, 1.807) is 31.3 Å². The number of methoxy groups -OCH3 is 1. The van der Waals surface area contributed by atoms with Gasteiger partial charge in [0.05, 0.1) is 6.61 Å². The number of hydrogen-bond donors (Lipinski definition) is 1. The Hall–Kier alpha value is -1.59. The van der Waals surface area contributed by atoms with Crippen LogP contribution < -0.4 is 10.6 Å². The van der Waals surface area contributed by atoms with Crippen molar-refractivity contribution in [1.29, 1.82) is 0 Å². The molecule has 94 valence electrons. The Bertz CT molecular complexity index is 351. The van der Waals surface area contributed by atoms with Crippen LogP contribution in [-0.4, -0.2) is 39.9 Å². The van der Waals surface area contributed by atoms with Crippen molar-refractivity contribution in [3.8, 4) is 0 Å². The highest BCUT2D eigenvalue weighted by molar-refractivity contribution is 5.94. The molecule has 0 bridgehead atoms. The van der Waals surface area contributed by atoms with Crippen LogP contribution in [0.1, 0.15) is 0 Å². The number of hydrogen-bond acceptors (Lipinski definition) is 4. The van der Waals surface area contributed by atoms with Gasteiger partial charge < -0.3 is 20.1 Å². The molecule has 5 nitrogen and oxygen atoms in total. The molecule has 1 heterocycles. The van der Waals surface area contributed by atoms with Crippen LogP contribution in [0.2, 0.25) is 0 Å². The highest BCUT2D eigenvalue weighted by Gasteiger charge is 2.19. The Balaban J connectivity index is 0.000000437. The van der Waals surface area contributed by atoms with E-state index in [-0.39, 0.29) is 12.5 Å². The van der Waals surface area contributed by atoms with Gasteiger partial charge in [0, 0.05) is 32.1 Å². The van der Waals surface area contributed by atoms with Crippen molar-refractivity contribution >= 4 is 17.3 Å². The number of nitrogens with two attached hydrogens (primary N) is 1. The maximum atomic E-state index is 11.4. The summed E-state index contributed by atoms with van der Waals surface area (Å²) in [6.07, 6.45) is 0. The van der Waals surface area contributed by atoms with Gasteiger partial charge in [0.25, 0.3) is 5.91 Å². The minimum absolute atomic E-state index is 0.000946. The van der Waals surface area contributed by atoms with E-state index < -0.39 is 0 Å². The highest BCUT2D eigenvalue weighted by atomic mass is 16.5. The molecule has 17 heavy (non-hydrogen) atoms. The summed E-state index contributed by atoms with van der Waals surface area (Å²) in [6, 6.07) is 7.27. The van der Waals surface area contributed by atoms with Gasteiger partial charge >= 0.3 is 0 Å². The maximum absolute atomic E-state index is 11.4. The fourth-order valence-electron chi connectivity index (χ4n) is 1.45. The number of nitrogens with zero attached hydrogens (tertiary/aromatic N) is 1. The van der Waals surface area contributed by atoms with Gasteiger partial charge in [0.2, 0.25) is 0 Å². The molecule has 0 radical (unpaired) electrons. The first-order chi connectivity index (χ1) is 8.19. The maximum Gasteiger partial charge on any atom is 0.253 e. The first-order valence-corrected chi connectivity index (χ1v) is 5.33. The molecule has 1 fully saturated rings. The lowest BCUT2D eigenvalue weighted by Gasteiger charge is -2.26. The number of benzene rings is 1. The van der Waals surface area contributed by atoms with Gasteiger partial charge in [-0.1, -0.05) is 0 Å². The average Bonchev–Trinajstić information content (AvgIpc) is 2.32. The molecule has 1 amide bonds. The predicted molar refractivity (Wildman–Crippen MR) is 67.0 cm³/mol. The lowest BCUT2D eigenvalue weighted by atomic mass is 10.2. The van der Waals surface area contributed by atoms with Gasteiger partial charge in [-0.15, -0.1) is 0 Å². The van der Waals surface area contributed by atoms with E-state index >= 15 is 0 Å². The molecule has 0 aliphatic carbocycles. The molecule has 0 unspecified atom stereocenters. The monoisotopic (exact) mass is 238 g/mol. The number of anilines is 2. The van der Waals surface area contributed by atoms with Crippen molar-refractivity contribution in [2.24, 2.45) is 0 Å². The minimum Gasteiger partial charge on any atom is -0.399 e. The number of morpholine rings is 1. The number of ether oxygens (including phenoxy) is 2. The topological polar surface area (TPSA) is 64.8 Å². The number of amides is 1. The van der Waals surface area contributed by atoms with Crippen molar-refractivity contribution < 1.29 is 14.3 Å². The lowest BCUT2D eigenvalue weighted by molar-refractivity contribution is -0.125. The Labute approximate surface area is 101 Å². The fourth-order valence-corrected chi connectivity index (χ4v) is 1.45. The van der Waals surface area contributed by atoms with Crippen molar-refractivity contribution in [2.45, 2.75) is 0 Å². The molecule has 5 heteroatoms. The predicted octanol–water partition coefficient (Wildman–Crippen LogP) is 0.895. The van der Waals surface area contributed by atoms with E-state index in [9.17, 15) is 4.79 Å². The molecule has 1 aliphatic rings. The second-order valence-corrected chi connectivity index (χ2v) is 3.60. The molecule has 0 spiro atoms. The van der Waals surface area contributed by atoms with E-state index in [1.165, 1.54) is 0 Å². The van der Waals surface area contributed by atoms with Crippen LogP contribution >= 0.6 is 0 Å². The van der Waals surface area contributed by atoms with Crippen LogP contribution in [0.4, 0.5) is 11.4 Å². The lowest BCUT2D eigenvalue weighted by Crippen LogP contribution is -2.41. The zero-order chi connectivity index (χ0) is 12.7. The first kappa shape index (κ1) is 13.5. The first-order valence-electron chi connectivity index (χ1n) is 5.33. The van der Waals surface area contributed by atoms with Gasteiger partial charge in [-0.3, -0.25) is 4.79 Å². The Kier molecular flexibility index (Phi) is 5.45. The van der Waals surface area contributed by atoms with Gasteiger partial charge in [0.1, 0.15) is 6.61 Å². The van der Waals surface area contributed by atoms with Gasteiger partial charge in [0.15, 0.2) is 0 Å². The van der Waals surface area contributed by atoms with Crippen molar-refractivity contribution in [3.63, 3.8) is 0 Å². The number of carbonyl (C=O) groups excluding carboxylic acids is 1. The van der Waals surface area contributed by atoms with E-state index in [1.807, 2.05) is 12.1 Å². The zero-order valence-corrected chi connectivity index (χ0v) is 10.2. The molecule has 0 aromatic heterocycles. The van der Waals surface area contributed by atoms with Crippen LogP contribution in [0.3, 0.4) is 0 Å². The molecule has 1 aromatic carbocycles. The van der Waals surface area contributed by atoms with Crippen molar-refractivity contribution in [1.82, 2.24) is 0 Å². The van der Waals surface area contributed by atoms with E-state index in [4.69, 9.17) is 10.5 Å². The van der Waals surface area contributed by atoms with Crippen LogP contribution in [0.5, 0.6) is 0 Å². The minimum atomic E-state index is 0.000946. The van der Waals surface area contributed by atoms with Crippen LogP contribution in [0.15, 0.2) is 24.3 Å². The second kappa shape index (κ2) is 6.88. The normalized spacial score (nSPS) is 15.2. The van der Waals surface area contributed by atoms with Gasteiger partial charge in [-0.05, 0) is 24.3 Å². The molecular weight excluding hydrogens is 220 g/mol. The quantitative estimate of drug-likeness (QED) is 0.738. The molecule has 2 rings (SSSR count). The molecule has 0 saturated carbocycles. The third-order valence-electron chi connectivity index (χ3n) is 2.19. The second-order valence-electron chi connectivity index (χ2n) is 3.60. The Morgan fingerprint density at radius 3 is 2.41 bits per heavy atom. The zero-order valence-electron chi connectivity index (χ0n) is 10.2. The summed E-state index contributed by atoms with van der Waals surface area (Å²) in [5.41, 5.74) is 7.15. The van der Waals surface area contributed by atoms with Crippen LogP contribution in [0, 0.1) is 0 Å². The Morgan fingerprint density at radius 2 is 1.88 bits per heavy atom. The summed E-state index contributed by atoms with van der Waals surface area (Å²) in [4.78, 5) is 13.2. The standard InChI is InChI=1S/C10H12N2O2.C2H6O/c11-8-1-3-9(4-2-8)12-5-6-14-7-10(12)13;1-3-2/h1-4H,5-7,11H2;1-2H3. The van der Waals surface area contributed by atoms with Gasteiger partial charge in [-0.2, -0.15) is 0 Å². The third kappa shape index (κ3) is 4.05. The summed E-state index contributed by atoms with van der Waals surface area (Å²) in [5, 5.41) is 0. The summed E-state index contributed by atoms with van der Waals surface area (Å²) in [5.74, 6) is 0.000946. The molecule has 1 aromatic rings. The SMILES string of the molecule is COC.Nc1ccc(N2CCOCC2=O)cc1. The molecule has 1 saturated heterocycles. The smallest absolute Gasteiger partial charge is 0.253 e. The molecule has 0 atom stereocenters. The molecular formula is C12H18N2O3. The summed E-state index contributed by atoms with van der Waals surface area (Å²) in [7, 11) is 3.25. The largest absolute Gasteiger partial charge is 0.399 e. The van der Waals surface area contributed by atoms with E-state index in [0.717, 1.165) is 5.69 Å². The fraction of sp³-hybridized carbons (Fsp3) is 0.417. The molecule has 2 N–H and O–H groups in total. The van der Waals surface area contributed by atoms with E-state index in [2.05, 4.69) is 4.74 Å². The van der Waals surface area contributed by atoms with Gasteiger partial charge in [-0.25, -0.2) is 0 Å². The average molecular weight is 238 g/mol. The van der Waals surface area contributed by atoms with Crippen molar-refractivity contribution in [3.05, 3.63) is 24.3 Å². The summed E-state index contributed by atoms with van der Waals surface area (Å²) >= 11 is 0. The Morgan fingerprint density at radius 1 is 1.29 bits per heavy atom. The summed E-state index contributed by atoms with van der Waals surface area (Å²) in [6.45, 7) is 1.38. The summed E-state index contributed by atoms with van der Waals surface area (Å²) < 4.78 is 9.29. The van der Waals surface area contributed by atoms with Crippen LogP contribution in [0.25, 0.3) is 0 Å². The molecule has 1 aliphatic heterocycles. The van der Waals surface area contributed by atoms with Crippen molar-refractivity contribution in [2.75, 3.05) is 44.6 Å². The number of carbonyl (C=O) groups is 1.